The Hall–Kier alpha value is -2.01. The van der Waals surface area contributed by atoms with Crippen LogP contribution in [0.25, 0.3) is 5.65 Å². The topological polar surface area (TPSA) is 43.3 Å². The first-order chi connectivity index (χ1) is 9.22. The van der Waals surface area contributed by atoms with E-state index in [4.69, 9.17) is 5.73 Å². The number of thioether (sulfide) groups is 1. The Kier molecular flexibility index (Phi) is 3.13. The smallest absolute Gasteiger partial charge is 0.137 e. The Morgan fingerprint density at radius 2 is 2.16 bits per heavy atom. The molecule has 0 aliphatic heterocycles. The van der Waals surface area contributed by atoms with Crippen LogP contribution in [0.2, 0.25) is 0 Å². The summed E-state index contributed by atoms with van der Waals surface area (Å²) in [7, 11) is 0. The number of imidazole rings is 1. The summed E-state index contributed by atoms with van der Waals surface area (Å²) in [6.45, 7) is 0. The summed E-state index contributed by atoms with van der Waals surface area (Å²) in [6, 6.07) is 10.3. The standard InChI is InChI=1S/C14H12FN3S/c15-10-4-5-12(16)13(7-10)19-9-11-8-18-6-2-1-3-14(18)17-11/h1-8H,9,16H2. The number of nitrogens with two attached hydrogens (primary N) is 1. The highest BCUT2D eigenvalue weighted by Gasteiger charge is 2.05. The fraction of sp³-hybridized carbons (Fsp3) is 0.0714. The molecule has 2 aromatic heterocycles. The number of nitrogen functional groups attached to an aromatic ring is 1. The van der Waals surface area contributed by atoms with Crippen molar-refractivity contribution in [2.24, 2.45) is 0 Å². The predicted molar refractivity (Wildman–Crippen MR) is 75.6 cm³/mol. The van der Waals surface area contributed by atoms with Gasteiger partial charge in [-0.15, -0.1) is 11.8 Å². The molecule has 0 bridgehead atoms. The highest BCUT2D eigenvalue weighted by Crippen LogP contribution is 2.28. The van der Waals surface area contributed by atoms with Crippen LogP contribution in [0.1, 0.15) is 5.69 Å². The number of halogens is 1. The molecule has 0 spiro atoms. The number of nitrogens with zero attached hydrogens (tertiary/aromatic N) is 2. The normalized spacial score (nSPS) is 11.0. The largest absolute Gasteiger partial charge is 0.398 e. The van der Waals surface area contributed by atoms with E-state index in [0.717, 1.165) is 16.2 Å². The van der Waals surface area contributed by atoms with Crippen LogP contribution in [-0.2, 0) is 5.75 Å². The van der Waals surface area contributed by atoms with Crippen molar-refractivity contribution in [2.45, 2.75) is 10.6 Å². The van der Waals surface area contributed by atoms with Crippen LogP contribution in [0.4, 0.5) is 10.1 Å². The number of hydrogen-bond acceptors (Lipinski definition) is 3. The summed E-state index contributed by atoms with van der Waals surface area (Å²) in [5.41, 5.74) is 8.26. The van der Waals surface area contributed by atoms with Gasteiger partial charge in [0, 0.05) is 28.7 Å². The molecule has 0 aliphatic rings. The summed E-state index contributed by atoms with van der Waals surface area (Å²) in [5, 5.41) is 0. The van der Waals surface area contributed by atoms with Crippen molar-refractivity contribution in [1.29, 1.82) is 0 Å². The third kappa shape index (κ3) is 2.56. The fourth-order valence-corrected chi connectivity index (χ4v) is 2.71. The third-order valence-electron chi connectivity index (χ3n) is 2.77. The van der Waals surface area contributed by atoms with Gasteiger partial charge in [-0.05, 0) is 30.3 Å². The number of anilines is 1. The third-order valence-corrected chi connectivity index (χ3v) is 3.87. The minimum atomic E-state index is -0.272. The summed E-state index contributed by atoms with van der Waals surface area (Å²) >= 11 is 1.49. The van der Waals surface area contributed by atoms with Gasteiger partial charge in [0.1, 0.15) is 11.5 Å². The zero-order valence-electron chi connectivity index (χ0n) is 10.1. The van der Waals surface area contributed by atoms with Gasteiger partial charge in [0.25, 0.3) is 0 Å². The molecule has 0 unspecified atom stereocenters. The second-order valence-electron chi connectivity index (χ2n) is 4.17. The van der Waals surface area contributed by atoms with Crippen LogP contribution in [-0.4, -0.2) is 9.38 Å². The van der Waals surface area contributed by atoms with Gasteiger partial charge in [0.05, 0.1) is 5.69 Å². The van der Waals surface area contributed by atoms with Gasteiger partial charge in [-0.25, -0.2) is 9.37 Å². The van der Waals surface area contributed by atoms with Crippen LogP contribution >= 0.6 is 11.8 Å². The molecule has 0 fully saturated rings. The van der Waals surface area contributed by atoms with Crippen molar-refractivity contribution in [1.82, 2.24) is 9.38 Å². The first kappa shape index (κ1) is 12.0. The van der Waals surface area contributed by atoms with Gasteiger partial charge < -0.3 is 10.1 Å². The van der Waals surface area contributed by atoms with E-state index in [-0.39, 0.29) is 5.82 Å². The molecule has 19 heavy (non-hydrogen) atoms. The molecule has 2 heterocycles. The highest BCUT2D eigenvalue weighted by atomic mass is 32.2. The Morgan fingerprint density at radius 1 is 1.26 bits per heavy atom. The first-order valence-corrected chi connectivity index (χ1v) is 6.81. The quantitative estimate of drug-likeness (QED) is 0.588. The average Bonchev–Trinajstić information content (AvgIpc) is 2.82. The van der Waals surface area contributed by atoms with Crippen LogP contribution in [0.3, 0.4) is 0 Å². The molecule has 0 amide bonds. The molecule has 0 atom stereocenters. The molecule has 0 saturated carbocycles. The van der Waals surface area contributed by atoms with Crippen LogP contribution in [0, 0.1) is 5.82 Å². The Bertz CT molecular complexity index is 691. The van der Waals surface area contributed by atoms with E-state index < -0.39 is 0 Å². The average molecular weight is 273 g/mol. The number of rotatable bonds is 3. The zero-order valence-corrected chi connectivity index (χ0v) is 10.9. The lowest BCUT2D eigenvalue weighted by Crippen LogP contribution is -1.90. The minimum Gasteiger partial charge on any atom is -0.398 e. The Balaban J connectivity index is 1.80. The van der Waals surface area contributed by atoms with Gasteiger partial charge in [-0.2, -0.15) is 0 Å². The van der Waals surface area contributed by atoms with Gasteiger partial charge in [-0.1, -0.05) is 6.07 Å². The minimum absolute atomic E-state index is 0.272. The second kappa shape index (κ2) is 4.93. The maximum Gasteiger partial charge on any atom is 0.137 e. The fourth-order valence-electron chi connectivity index (χ4n) is 1.84. The lowest BCUT2D eigenvalue weighted by atomic mass is 10.3. The monoisotopic (exact) mass is 273 g/mol. The number of pyridine rings is 1. The van der Waals surface area contributed by atoms with E-state index in [2.05, 4.69) is 4.98 Å². The van der Waals surface area contributed by atoms with Crippen molar-refractivity contribution in [3.63, 3.8) is 0 Å². The molecule has 1 aromatic carbocycles. The molecule has 2 N–H and O–H groups in total. The van der Waals surface area contributed by atoms with Gasteiger partial charge in [0.2, 0.25) is 0 Å². The lowest BCUT2D eigenvalue weighted by Gasteiger charge is -2.03. The number of benzene rings is 1. The van der Waals surface area contributed by atoms with Crippen molar-refractivity contribution in [2.75, 3.05) is 5.73 Å². The maximum atomic E-state index is 13.2. The SMILES string of the molecule is Nc1ccc(F)cc1SCc1cn2ccccc2n1. The Morgan fingerprint density at radius 3 is 3.00 bits per heavy atom. The molecule has 96 valence electrons. The molecule has 0 aliphatic carbocycles. The predicted octanol–water partition coefficient (Wildman–Crippen LogP) is 3.35. The molecule has 3 rings (SSSR count). The van der Waals surface area contributed by atoms with Crippen molar-refractivity contribution in [3.05, 3.63) is 60.3 Å². The van der Waals surface area contributed by atoms with Crippen LogP contribution in [0.15, 0.2) is 53.7 Å². The van der Waals surface area contributed by atoms with E-state index in [9.17, 15) is 4.39 Å². The van der Waals surface area contributed by atoms with Crippen molar-refractivity contribution < 1.29 is 4.39 Å². The number of aromatic nitrogens is 2. The molecule has 3 nitrogen and oxygen atoms in total. The summed E-state index contributed by atoms with van der Waals surface area (Å²) in [6.07, 6.45) is 3.92. The van der Waals surface area contributed by atoms with E-state index in [1.165, 1.54) is 23.9 Å². The first-order valence-electron chi connectivity index (χ1n) is 5.83. The van der Waals surface area contributed by atoms with Crippen molar-refractivity contribution in [3.8, 4) is 0 Å². The molecule has 3 aromatic rings. The number of fused-ring (bicyclic) bond motifs is 1. The van der Waals surface area contributed by atoms with E-state index in [1.54, 1.807) is 6.07 Å². The summed E-state index contributed by atoms with van der Waals surface area (Å²) in [5.74, 6) is 0.390. The van der Waals surface area contributed by atoms with Gasteiger partial charge >= 0.3 is 0 Å². The van der Waals surface area contributed by atoms with Gasteiger partial charge in [-0.3, -0.25) is 0 Å². The lowest BCUT2D eigenvalue weighted by molar-refractivity contribution is 0.624. The molecular weight excluding hydrogens is 261 g/mol. The van der Waals surface area contributed by atoms with E-state index in [1.807, 2.05) is 35.0 Å². The number of hydrogen-bond donors (Lipinski definition) is 1. The maximum absolute atomic E-state index is 13.2. The van der Waals surface area contributed by atoms with Crippen LogP contribution in [0.5, 0.6) is 0 Å². The van der Waals surface area contributed by atoms with Crippen molar-refractivity contribution >= 4 is 23.1 Å². The molecular formula is C14H12FN3S. The summed E-state index contributed by atoms with van der Waals surface area (Å²) in [4.78, 5) is 5.23. The van der Waals surface area contributed by atoms with Gasteiger partial charge in [0.15, 0.2) is 0 Å². The molecule has 5 heteroatoms. The second-order valence-corrected chi connectivity index (χ2v) is 5.19. The molecule has 0 radical (unpaired) electrons. The Labute approximate surface area is 114 Å². The molecule has 0 saturated heterocycles. The summed E-state index contributed by atoms with van der Waals surface area (Å²) < 4.78 is 15.1. The van der Waals surface area contributed by atoms with E-state index >= 15 is 0 Å². The van der Waals surface area contributed by atoms with Crippen LogP contribution < -0.4 is 5.73 Å². The van der Waals surface area contributed by atoms with E-state index in [0.29, 0.717) is 11.4 Å². The zero-order chi connectivity index (χ0) is 13.2. The highest BCUT2D eigenvalue weighted by molar-refractivity contribution is 7.98.